The van der Waals surface area contributed by atoms with Crippen molar-refractivity contribution in [3.63, 3.8) is 0 Å². The summed E-state index contributed by atoms with van der Waals surface area (Å²) in [5, 5.41) is 2.09. The highest BCUT2D eigenvalue weighted by Crippen LogP contribution is 2.45. The van der Waals surface area contributed by atoms with E-state index in [1.165, 1.54) is 0 Å². The molecule has 0 spiro atoms. The predicted octanol–water partition coefficient (Wildman–Crippen LogP) is 4.59. The molecule has 28 heavy (non-hydrogen) atoms. The minimum absolute atomic E-state index is 0.0890. The molecule has 4 aromatic rings. The van der Waals surface area contributed by atoms with Crippen molar-refractivity contribution in [2.45, 2.75) is 12.1 Å². The van der Waals surface area contributed by atoms with Gasteiger partial charge in [0.2, 0.25) is 0 Å². The quantitative estimate of drug-likeness (QED) is 0.578. The highest BCUT2D eigenvalue weighted by atomic mass is 16.2. The van der Waals surface area contributed by atoms with Gasteiger partial charge in [0, 0.05) is 5.56 Å². The molecule has 1 atom stereocenters. The topological polar surface area (TPSA) is 46.3 Å². The minimum Gasteiger partial charge on any atom is -0.310 e. The van der Waals surface area contributed by atoms with E-state index in [0.717, 1.165) is 33.2 Å². The van der Waals surface area contributed by atoms with Crippen LogP contribution in [0.4, 0.5) is 5.69 Å². The van der Waals surface area contributed by atoms with Crippen LogP contribution in [0.5, 0.6) is 0 Å². The largest absolute Gasteiger partial charge is 0.310 e. The van der Waals surface area contributed by atoms with E-state index in [1.54, 1.807) is 0 Å². The third kappa shape index (κ3) is 2.37. The molecule has 2 N–H and O–H groups in total. The van der Waals surface area contributed by atoms with Crippen LogP contribution in [0.1, 0.15) is 16.7 Å². The Morgan fingerprint density at radius 2 is 1.36 bits per heavy atom. The fourth-order valence-corrected chi connectivity index (χ4v) is 4.23. The Balaban J connectivity index is 1.70. The number of para-hydroxylation sites is 1. The van der Waals surface area contributed by atoms with Gasteiger partial charge in [-0.2, -0.15) is 0 Å². The molecule has 1 amide bonds. The highest BCUT2D eigenvalue weighted by molar-refractivity contribution is 6.11. The number of nitrogens with two attached hydrogens (primary N) is 1. The summed E-state index contributed by atoms with van der Waals surface area (Å²) in [7, 11) is 0. The number of benzene rings is 4. The van der Waals surface area contributed by atoms with Crippen LogP contribution in [0.3, 0.4) is 0 Å². The molecule has 0 aromatic heterocycles. The Labute approximate surface area is 164 Å². The fraction of sp³-hybridized carbons (Fsp3) is 0.0800. The molecule has 4 aromatic carbocycles. The van der Waals surface area contributed by atoms with Crippen LogP contribution in [0, 0.1) is 0 Å². The molecular formula is C25H20N2O. The van der Waals surface area contributed by atoms with Gasteiger partial charge in [-0.3, -0.25) is 4.79 Å². The Kier molecular flexibility index (Phi) is 3.78. The third-order valence-electron chi connectivity index (χ3n) is 5.60. The first-order valence-electron chi connectivity index (χ1n) is 9.42. The standard InChI is InChI=1S/C25H20N2O/c26-25(21-15-8-12-19-11-4-5-13-20(19)21)22-14-6-7-16-23(22)27(24(25)28)17-18-9-2-1-3-10-18/h1-16H,17,26H2/t25-/m0/s1. The highest BCUT2D eigenvalue weighted by Gasteiger charge is 2.49. The molecule has 3 nitrogen and oxygen atoms in total. The third-order valence-corrected chi connectivity index (χ3v) is 5.60. The molecule has 0 radical (unpaired) electrons. The van der Waals surface area contributed by atoms with Gasteiger partial charge < -0.3 is 10.6 Å². The van der Waals surface area contributed by atoms with Gasteiger partial charge in [-0.25, -0.2) is 0 Å². The zero-order chi connectivity index (χ0) is 19.1. The first-order chi connectivity index (χ1) is 13.7. The van der Waals surface area contributed by atoms with Crippen LogP contribution in [0.25, 0.3) is 10.8 Å². The lowest BCUT2D eigenvalue weighted by atomic mass is 9.82. The van der Waals surface area contributed by atoms with Crippen molar-refractivity contribution in [2.24, 2.45) is 5.73 Å². The summed E-state index contributed by atoms with van der Waals surface area (Å²) < 4.78 is 0. The summed E-state index contributed by atoms with van der Waals surface area (Å²) in [5.74, 6) is -0.0890. The molecule has 1 aliphatic heterocycles. The van der Waals surface area contributed by atoms with Crippen LogP contribution in [-0.2, 0) is 16.9 Å². The monoisotopic (exact) mass is 364 g/mol. The van der Waals surface area contributed by atoms with Gasteiger partial charge in [-0.15, -0.1) is 0 Å². The first kappa shape index (κ1) is 16.7. The summed E-state index contributed by atoms with van der Waals surface area (Å²) in [6.07, 6.45) is 0. The minimum atomic E-state index is -1.20. The average Bonchev–Trinajstić information content (AvgIpc) is 2.97. The second-order valence-electron chi connectivity index (χ2n) is 7.23. The van der Waals surface area contributed by atoms with Gasteiger partial charge in [0.25, 0.3) is 5.91 Å². The lowest BCUT2D eigenvalue weighted by Crippen LogP contribution is -2.48. The number of rotatable bonds is 3. The smallest absolute Gasteiger partial charge is 0.256 e. The van der Waals surface area contributed by atoms with Gasteiger partial charge in [0.1, 0.15) is 5.54 Å². The molecule has 0 fully saturated rings. The molecule has 3 heteroatoms. The number of carbonyl (C=O) groups is 1. The summed E-state index contributed by atoms with van der Waals surface area (Å²) in [6, 6.07) is 32.0. The summed E-state index contributed by atoms with van der Waals surface area (Å²) in [6.45, 7) is 0.500. The van der Waals surface area contributed by atoms with Crippen molar-refractivity contribution in [2.75, 3.05) is 4.90 Å². The second kappa shape index (κ2) is 6.32. The second-order valence-corrected chi connectivity index (χ2v) is 7.23. The van der Waals surface area contributed by atoms with Gasteiger partial charge in [-0.1, -0.05) is 91.0 Å². The van der Waals surface area contributed by atoms with Crippen LogP contribution in [0.2, 0.25) is 0 Å². The Morgan fingerprint density at radius 3 is 2.21 bits per heavy atom. The summed E-state index contributed by atoms with van der Waals surface area (Å²) in [5.41, 5.74) is 9.41. The van der Waals surface area contributed by atoms with E-state index < -0.39 is 5.54 Å². The Morgan fingerprint density at radius 1 is 0.714 bits per heavy atom. The van der Waals surface area contributed by atoms with Gasteiger partial charge >= 0.3 is 0 Å². The lowest BCUT2D eigenvalue weighted by Gasteiger charge is -2.26. The molecular weight excluding hydrogens is 344 g/mol. The van der Waals surface area contributed by atoms with Crippen molar-refractivity contribution < 1.29 is 4.79 Å². The van der Waals surface area contributed by atoms with Crippen molar-refractivity contribution in [1.82, 2.24) is 0 Å². The lowest BCUT2D eigenvalue weighted by molar-refractivity contribution is -0.121. The molecule has 0 bridgehead atoms. The molecule has 0 saturated carbocycles. The van der Waals surface area contributed by atoms with Gasteiger partial charge in [0.15, 0.2) is 0 Å². The van der Waals surface area contributed by atoms with Crippen LogP contribution >= 0.6 is 0 Å². The van der Waals surface area contributed by atoms with E-state index >= 15 is 0 Å². The molecule has 0 unspecified atom stereocenters. The van der Waals surface area contributed by atoms with Gasteiger partial charge in [-0.05, 0) is 28.0 Å². The number of anilines is 1. The van der Waals surface area contributed by atoms with Crippen molar-refractivity contribution in [3.8, 4) is 0 Å². The number of hydrogen-bond acceptors (Lipinski definition) is 2. The number of amides is 1. The van der Waals surface area contributed by atoms with Crippen molar-refractivity contribution in [3.05, 3.63) is 114 Å². The molecule has 0 aliphatic carbocycles. The van der Waals surface area contributed by atoms with E-state index in [0.29, 0.717) is 6.54 Å². The van der Waals surface area contributed by atoms with Crippen LogP contribution < -0.4 is 10.6 Å². The Hall–Kier alpha value is -3.43. The van der Waals surface area contributed by atoms with E-state index in [1.807, 2.05) is 89.8 Å². The van der Waals surface area contributed by atoms with Gasteiger partial charge in [0.05, 0.1) is 12.2 Å². The normalized spacial score (nSPS) is 18.5. The molecule has 0 saturated heterocycles. The zero-order valence-corrected chi connectivity index (χ0v) is 15.4. The number of hydrogen-bond donors (Lipinski definition) is 1. The average molecular weight is 364 g/mol. The fourth-order valence-electron chi connectivity index (χ4n) is 4.23. The first-order valence-corrected chi connectivity index (χ1v) is 9.42. The number of nitrogens with zero attached hydrogens (tertiary/aromatic N) is 1. The van der Waals surface area contributed by atoms with Crippen molar-refractivity contribution in [1.29, 1.82) is 0 Å². The van der Waals surface area contributed by atoms with E-state index in [2.05, 4.69) is 12.1 Å². The van der Waals surface area contributed by atoms with E-state index in [4.69, 9.17) is 5.73 Å². The zero-order valence-electron chi connectivity index (χ0n) is 15.4. The molecule has 1 aliphatic rings. The molecule has 5 rings (SSSR count). The maximum atomic E-state index is 13.7. The number of fused-ring (bicyclic) bond motifs is 2. The SMILES string of the molecule is N[C@]1(c2cccc3ccccc23)C(=O)N(Cc2ccccc2)c2ccccc21. The van der Waals surface area contributed by atoms with E-state index in [9.17, 15) is 4.79 Å². The summed E-state index contributed by atoms with van der Waals surface area (Å²) >= 11 is 0. The predicted molar refractivity (Wildman–Crippen MR) is 113 cm³/mol. The Bertz CT molecular complexity index is 1180. The van der Waals surface area contributed by atoms with E-state index in [-0.39, 0.29) is 5.91 Å². The van der Waals surface area contributed by atoms with Crippen LogP contribution in [-0.4, -0.2) is 5.91 Å². The van der Waals surface area contributed by atoms with Crippen molar-refractivity contribution >= 4 is 22.4 Å². The number of carbonyl (C=O) groups excluding carboxylic acids is 1. The molecule has 1 heterocycles. The van der Waals surface area contributed by atoms with Crippen LogP contribution in [0.15, 0.2) is 97.1 Å². The maximum Gasteiger partial charge on any atom is 0.256 e. The maximum absolute atomic E-state index is 13.7. The molecule has 136 valence electrons. The summed E-state index contributed by atoms with van der Waals surface area (Å²) in [4.78, 5) is 15.5.